The standard InChI is InChI=1S/C21H24O5/c1-4-6-7-9-16(22)18-19-15-12-25-14(8-5-2)10-13(15)11-17(23)21(19,3)26-20(18)24/h5,8,10-12,18-19H,4,6-7,9H2,1-3H3/b8-5+/t18-,19-,21-/m0/s1. The largest absolute Gasteiger partial charge is 0.465 e. The zero-order valence-corrected chi connectivity index (χ0v) is 15.4. The van der Waals surface area contributed by atoms with Gasteiger partial charge in [0.25, 0.3) is 0 Å². The molecule has 1 saturated heterocycles. The third-order valence-corrected chi connectivity index (χ3v) is 5.26. The van der Waals surface area contributed by atoms with Gasteiger partial charge < -0.3 is 9.47 Å². The predicted molar refractivity (Wildman–Crippen MR) is 95.8 cm³/mol. The van der Waals surface area contributed by atoms with E-state index < -0.39 is 23.4 Å². The number of unbranched alkanes of at least 4 members (excludes halogenated alkanes) is 2. The molecule has 1 aliphatic carbocycles. The van der Waals surface area contributed by atoms with Crippen molar-refractivity contribution in [3.63, 3.8) is 0 Å². The number of allylic oxidation sites excluding steroid dienone is 4. The summed E-state index contributed by atoms with van der Waals surface area (Å²) >= 11 is 0. The van der Waals surface area contributed by atoms with Crippen molar-refractivity contribution in [2.45, 2.75) is 52.1 Å². The molecule has 0 N–H and O–H groups in total. The molecule has 0 unspecified atom stereocenters. The first kappa shape index (κ1) is 18.4. The lowest BCUT2D eigenvalue weighted by Gasteiger charge is -2.35. The molecule has 0 aromatic heterocycles. The van der Waals surface area contributed by atoms with Crippen LogP contribution in [0.3, 0.4) is 0 Å². The van der Waals surface area contributed by atoms with Crippen LogP contribution >= 0.6 is 0 Å². The number of carbonyl (C=O) groups is 3. The molecule has 138 valence electrons. The molecule has 5 heteroatoms. The van der Waals surface area contributed by atoms with E-state index in [4.69, 9.17) is 9.47 Å². The molecule has 0 bridgehead atoms. The van der Waals surface area contributed by atoms with E-state index in [9.17, 15) is 14.4 Å². The maximum absolute atomic E-state index is 12.7. The summed E-state index contributed by atoms with van der Waals surface area (Å²) in [6.07, 6.45) is 11.4. The molecule has 0 saturated carbocycles. The Morgan fingerprint density at radius 3 is 2.73 bits per heavy atom. The van der Waals surface area contributed by atoms with Crippen molar-refractivity contribution in [3.05, 3.63) is 47.5 Å². The molecule has 2 heterocycles. The minimum absolute atomic E-state index is 0.157. The Kier molecular flexibility index (Phi) is 4.99. The fourth-order valence-corrected chi connectivity index (χ4v) is 3.88. The van der Waals surface area contributed by atoms with Crippen LogP contribution in [0, 0.1) is 11.8 Å². The fraction of sp³-hybridized carbons (Fsp3) is 0.476. The third-order valence-electron chi connectivity index (χ3n) is 5.26. The van der Waals surface area contributed by atoms with Crippen molar-refractivity contribution in [3.8, 4) is 0 Å². The molecule has 3 rings (SSSR count). The summed E-state index contributed by atoms with van der Waals surface area (Å²) in [5.41, 5.74) is 0.0220. The second-order valence-corrected chi connectivity index (χ2v) is 7.11. The van der Waals surface area contributed by atoms with Gasteiger partial charge in [-0.05, 0) is 44.1 Å². The van der Waals surface area contributed by atoms with Gasteiger partial charge in [-0.15, -0.1) is 0 Å². The van der Waals surface area contributed by atoms with Crippen molar-refractivity contribution in [1.82, 2.24) is 0 Å². The molecule has 0 amide bonds. The molecule has 0 spiro atoms. The average Bonchev–Trinajstić information content (AvgIpc) is 2.87. The van der Waals surface area contributed by atoms with E-state index in [2.05, 4.69) is 6.92 Å². The second-order valence-electron chi connectivity index (χ2n) is 7.11. The van der Waals surface area contributed by atoms with Crippen LogP contribution in [-0.4, -0.2) is 23.1 Å². The summed E-state index contributed by atoms with van der Waals surface area (Å²) in [6, 6.07) is 0. The summed E-state index contributed by atoms with van der Waals surface area (Å²) in [5.74, 6) is -2.03. The molecule has 26 heavy (non-hydrogen) atoms. The monoisotopic (exact) mass is 356 g/mol. The average molecular weight is 356 g/mol. The first-order chi connectivity index (χ1) is 12.4. The van der Waals surface area contributed by atoms with E-state index in [0.717, 1.165) is 19.3 Å². The number of ketones is 2. The first-order valence-corrected chi connectivity index (χ1v) is 9.15. The van der Waals surface area contributed by atoms with E-state index in [0.29, 0.717) is 23.3 Å². The number of hydrogen-bond donors (Lipinski definition) is 0. The van der Waals surface area contributed by atoms with Crippen LogP contribution in [0.5, 0.6) is 0 Å². The van der Waals surface area contributed by atoms with E-state index >= 15 is 0 Å². The van der Waals surface area contributed by atoms with Crippen LogP contribution in [0.1, 0.15) is 46.5 Å². The van der Waals surface area contributed by atoms with Crippen LogP contribution in [-0.2, 0) is 23.9 Å². The number of carbonyl (C=O) groups excluding carboxylic acids is 3. The van der Waals surface area contributed by atoms with E-state index in [-0.39, 0.29) is 11.6 Å². The summed E-state index contributed by atoms with van der Waals surface area (Å²) in [4.78, 5) is 38.0. The smallest absolute Gasteiger partial charge is 0.318 e. The highest BCUT2D eigenvalue weighted by molar-refractivity contribution is 6.09. The Hall–Kier alpha value is -2.43. The molecule has 2 aliphatic heterocycles. The highest BCUT2D eigenvalue weighted by atomic mass is 16.6. The fourth-order valence-electron chi connectivity index (χ4n) is 3.88. The Morgan fingerprint density at radius 1 is 1.27 bits per heavy atom. The van der Waals surface area contributed by atoms with Gasteiger partial charge in [0.2, 0.25) is 0 Å². The Labute approximate surface area is 153 Å². The van der Waals surface area contributed by atoms with Crippen molar-refractivity contribution in [2.24, 2.45) is 11.8 Å². The van der Waals surface area contributed by atoms with Gasteiger partial charge in [0.1, 0.15) is 17.5 Å². The van der Waals surface area contributed by atoms with Crippen molar-refractivity contribution < 1.29 is 23.9 Å². The van der Waals surface area contributed by atoms with Gasteiger partial charge in [-0.2, -0.15) is 0 Å². The lowest BCUT2D eigenvalue weighted by molar-refractivity contribution is -0.156. The minimum atomic E-state index is -1.34. The van der Waals surface area contributed by atoms with Gasteiger partial charge in [0.05, 0.1) is 12.2 Å². The number of ether oxygens (including phenoxy) is 2. The van der Waals surface area contributed by atoms with Crippen molar-refractivity contribution in [2.75, 3.05) is 0 Å². The SMILES string of the molecule is C/C=C/C1=CC2=CC(=O)[C@]3(C)OC(=O)[C@@H](C(=O)CCCCC)[C@@H]3C2=CO1. The minimum Gasteiger partial charge on any atom is -0.465 e. The molecule has 5 nitrogen and oxygen atoms in total. The number of fused-ring (bicyclic) bond motifs is 3. The summed E-state index contributed by atoms with van der Waals surface area (Å²) < 4.78 is 11.1. The Bertz CT molecular complexity index is 767. The van der Waals surface area contributed by atoms with Crippen LogP contribution in [0.15, 0.2) is 47.5 Å². The van der Waals surface area contributed by atoms with Gasteiger partial charge in [-0.3, -0.25) is 14.4 Å². The normalized spacial score (nSPS) is 30.0. The van der Waals surface area contributed by atoms with Crippen molar-refractivity contribution in [1.29, 1.82) is 0 Å². The molecule has 0 aromatic carbocycles. The lowest BCUT2D eigenvalue weighted by Crippen LogP contribution is -2.46. The highest BCUT2D eigenvalue weighted by Crippen LogP contribution is 2.49. The number of esters is 1. The van der Waals surface area contributed by atoms with Crippen molar-refractivity contribution >= 4 is 17.5 Å². The van der Waals surface area contributed by atoms with Gasteiger partial charge in [0, 0.05) is 12.0 Å². The maximum atomic E-state index is 12.7. The zero-order valence-electron chi connectivity index (χ0n) is 15.4. The van der Waals surface area contributed by atoms with Crippen LogP contribution in [0.25, 0.3) is 0 Å². The van der Waals surface area contributed by atoms with Crippen LogP contribution in [0.2, 0.25) is 0 Å². The quantitative estimate of drug-likeness (QED) is 0.413. The lowest BCUT2D eigenvalue weighted by atomic mass is 9.67. The predicted octanol–water partition coefficient (Wildman–Crippen LogP) is 3.57. The Morgan fingerprint density at radius 2 is 2.04 bits per heavy atom. The van der Waals surface area contributed by atoms with Crippen LogP contribution < -0.4 is 0 Å². The van der Waals surface area contributed by atoms with Gasteiger partial charge >= 0.3 is 5.97 Å². The molecular formula is C21H24O5. The van der Waals surface area contributed by atoms with E-state index in [1.807, 2.05) is 13.0 Å². The second kappa shape index (κ2) is 7.06. The van der Waals surface area contributed by atoms with Crippen LogP contribution in [0.4, 0.5) is 0 Å². The first-order valence-electron chi connectivity index (χ1n) is 9.15. The van der Waals surface area contributed by atoms with Gasteiger partial charge in [-0.1, -0.05) is 25.8 Å². The molecule has 1 fully saturated rings. The number of Topliss-reactive ketones (excluding diaryl/α,β-unsaturated/α-hetero) is 1. The molecular weight excluding hydrogens is 332 g/mol. The molecule has 0 aromatic rings. The Balaban J connectivity index is 1.96. The topological polar surface area (TPSA) is 69.7 Å². The summed E-state index contributed by atoms with van der Waals surface area (Å²) in [7, 11) is 0. The number of rotatable bonds is 6. The maximum Gasteiger partial charge on any atom is 0.318 e. The zero-order chi connectivity index (χ0) is 18.9. The van der Waals surface area contributed by atoms with Gasteiger partial charge in [0.15, 0.2) is 11.4 Å². The van der Waals surface area contributed by atoms with E-state index in [1.54, 1.807) is 25.3 Å². The molecule has 0 radical (unpaired) electrons. The van der Waals surface area contributed by atoms with E-state index in [1.165, 1.54) is 6.08 Å². The molecule has 3 atom stereocenters. The summed E-state index contributed by atoms with van der Waals surface area (Å²) in [5, 5.41) is 0. The number of hydrogen-bond acceptors (Lipinski definition) is 5. The summed E-state index contributed by atoms with van der Waals surface area (Å²) in [6.45, 7) is 5.52. The molecule has 3 aliphatic rings. The highest BCUT2D eigenvalue weighted by Gasteiger charge is 2.62. The third kappa shape index (κ3) is 2.96. The van der Waals surface area contributed by atoms with Gasteiger partial charge in [-0.25, -0.2) is 0 Å².